The summed E-state index contributed by atoms with van der Waals surface area (Å²) in [6.45, 7) is 0. The van der Waals surface area contributed by atoms with Crippen LogP contribution < -0.4 is 20.1 Å². The molecule has 0 aliphatic heterocycles. The van der Waals surface area contributed by atoms with Crippen LogP contribution in [0.3, 0.4) is 0 Å². The van der Waals surface area contributed by atoms with E-state index in [2.05, 4.69) is 20.6 Å². The Hall–Kier alpha value is -3.61. The smallest absolute Gasteiger partial charge is 0.247 e. The number of nitrogens with one attached hydrogen (secondary N) is 2. The molecule has 0 unspecified atom stereocenters. The largest absolute Gasteiger partial charge is 0.497 e. The van der Waals surface area contributed by atoms with Crippen molar-refractivity contribution in [2.75, 3.05) is 24.8 Å². The Labute approximate surface area is 162 Å². The molecule has 0 saturated carbocycles. The molecule has 1 aliphatic rings. The fourth-order valence-electron chi connectivity index (χ4n) is 3.14. The molecule has 7 nitrogen and oxygen atoms in total. The monoisotopic (exact) mass is 376 g/mol. The van der Waals surface area contributed by atoms with E-state index in [-0.39, 0.29) is 5.78 Å². The van der Waals surface area contributed by atoms with Crippen LogP contribution in [0.2, 0.25) is 0 Å². The van der Waals surface area contributed by atoms with Gasteiger partial charge in [0.15, 0.2) is 5.78 Å². The van der Waals surface area contributed by atoms with Gasteiger partial charge in [-0.1, -0.05) is 12.1 Å². The minimum Gasteiger partial charge on any atom is -0.497 e. The number of anilines is 3. The number of hydrogen-bond donors (Lipinski definition) is 2. The molecular weight excluding hydrogens is 356 g/mol. The number of methoxy groups -OCH3 is 1. The SMILES string of the molecule is CNc1cnc(Nc2ccc(OC)cc2)nc1Oc1cccc2c1C(=O)CC2. The minimum atomic E-state index is 0.0993. The number of ether oxygens (including phenoxy) is 2. The molecule has 0 fully saturated rings. The zero-order chi connectivity index (χ0) is 19.5. The van der Waals surface area contributed by atoms with Crippen molar-refractivity contribution in [1.82, 2.24) is 9.97 Å². The number of rotatable bonds is 6. The molecule has 2 aromatic carbocycles. The third-order valence-corrected chi connectivity index (χ3v) is 4.59. The highest BCUT2D eigenvalue weighted by Gasteiger charge is 2.24. The highest BCUT2D eigenvalue weighted by atomic mass is 16.5. The molecule has 3 aromatic rings. The Bertz CT molecular complexity index is 1020. The van der Waals surface area contributed by atoms with Gasteiger partial charge in [0.1, 0.15) is 17.2 Å². The molecule has 142 valence electrons. The van der Waals surface area contributed by atoms with E-state index in [1.54, 1.807) is 26.4 Å². The lowest BCUT2D eigenvalue weighted by molar-refractivity contribution is 0.0992. The zero-order valence-electron chi connectivity index (χ0n) is 15.7. The van der Waals surface area contributed by atoms with Crippen LogP contribution in [0.1, 0.15) is 22.3 Å². The summed E-state index contributed by atoms with van der Waals surface area (Å²) in [6, 6.07) is 13.1. The van der Waals surface area contributed by atoms with Gasteiger partial charge in [-0.25, -0.2) is 4.98 Å². The quantitative estimate of drug-likeness (QED) is 0.667. The first kappa shape index (κ1) is 17.8. The average Bonchev–Trinajstić information content (AvgIpc) is 3.11. The molecule has 0 atom stereocenters. The third-order valence-electron chi connectivity index (χ3n) is 4.59. The molecule has 0 bridgehead atoms. The van der Waals surface area contributed by atoms with Gasteiger partial charge < -0.3 is 20.1 Å². The minimum absolute atomic E-state index is 0.0993. The molecule has 0 radical (unpaired) electrons. The van der Waals surface area contributed by atoms with E-state index in [9.17, 15) is 4.79 Å². The van der Waals surface area contributed by atoms with Crippen molar-refractivity contribution in [3.05, 3.63) is 59.8 Å². The summed E-state index contributed by atoms with van der Waals surface area (Å²) in [5.41, 5.74) is 3.11. The van der Waals surface area contributed by atoms with Crippen LogP contribution in [0.4, 0.5) is 17.3 Å². The molecule has 0 saturated heterocycles. The van der Waals surface area contributed by atoms with E-state index in [0.29, 0.717) is 35.2 Å². The topological polar surface area (TPSA) is 85.4 Å². The number of Topliss-reactive ketones (excluding diaryl/α,β-unsaturated/α-hetero) is 1. The van der Waals surface area contributed by atoms with Crippen molar-refractivity contribution >= 4 is 23.1 Å². The molecule has 7 heteroatoms. The maximum atomic E-state index is 12.2. The van der Waals surface area contributed by atoms with Crippen LogP contribution in [0.5, 0.6) is 17.4 Å². The van der Waals surface area contributed by atoms with Gasteiger partial charge in [0.05, 0.1) is 18.9 Å². The molecule has 1 aromatic heterocycles. The third kappa shape index (κ3) is 3.46. The van der Waals surface area contributed by atoms with E-state index in [4.69, 9.17) is 9.47 Å². The maximum Gasteiger partial charge on any atom is 0.247 e. The summed E-state index contributed by atoms with van der Waals surface area (Å²) in [4.78, 5) is 21.0. The normalized spacial score (nSPS) is 12.4. The van der Waals surface area contributed by atoms with E-state index in [0.717, 1.165) is 23.4 Å². The number of fused-ring (bicyclic) bond motifs is 1. The van der Waals surface area contributed by atoms with Crippen molar-refractivity contribution in [2.45, 2.75) is 12.8 Å². The second-order valence-electron chi connectivity index (χ2n) is 6.33. The molecule has 1 heterocycles. The Balaban J connectivity index is 1.63. The van der Waals surface area contributed by atoms with Crippen LogP contribution in [-0.4, -0.2) is 29.9 Å². The van der Waals surface area contributed by atoms with Crippen LogP contribution in [-0.2, 0) is 6.42 Å². The Morgan fingerprint density at radius 2 is 1.89 bits per heavy atom. The zero-order valence-corrected chi connectivity index (χ0v) is 15.7. The van der Waals surface area contributed by atoms with Crippen molar-refractivity contribution in [1.29, 1.82) is 0 Å². The van der Waals surface area contributed by atoms with E-state index < -0.39 is 0 Å². The fraction of sp³-hybridized carbons (Fsp3) is 0.190. The number of hydrogen-bond acceptors (Lipinski definition) is 7. The van der Waals surface area contributed by atoms with Gasteiger partial charge in [-0.2, -0.15) is 4.98 Å². The maximum absolute atomic E-state index is 12.2. The average molecular weight is 376 g/mol. The number of carbonyl (C=O) groups excluding carboxylic acids is 1. The van der Waals surface area contributed by atoms with Crippen molar-refractivity contribution < 1.29 is 14.3 Å². The molecule has 0 amide bonds. The number of nitrogens with zero attached hydrogens (tertiary/aromatic N) is 2. The Morgan fingerprint density at radius 3 is 2.64 bits per heavy atom. The van der Waals surface area contributed by atoms with Gasteiger partial charge in [0, 0.05) is 19.2 Å². The second-order valence-corrected chi connectivity index (χ2v) is 6.33. The molecule has 4 rings (SSSR count). The van der Waals surface area contributed by atoms with Gasteiger partial charge in [0.25, 0.3) is 0 Å². The summed E-state index contributed by atoms with van der Waals surface area (Å²) in [6.07, 6.45) is 2.90. The van der Waals surface area contributed by atoms with Gasteiger partial charge in [-0.05, 0) is 42.3 Å². The molecule has 28 heavy (non-hydrogen) atoms. The predicted octanol–water partition coefficient (Wildman–Crippen LogP) is 4.19. The van der Waals surface area contributed by atoms with Gasteiger partial charge in [-0.3, -0.25) is 4.79 Å². The van der Waals surface area contributed by atoms with Gasteiger partial charge in [-0.15, -0.1) is 0 Å². The number of aromatic nitrogens is 2. The van der Waals surface area contributed by atoms with Crippen LogP contribution in [0.25, 0.3) is 0 Å². The van der Waals surface area contributed by atoms with Gasteiger partial charge in [0.2, 0.25) is 11.8 Å². The summed E-state index contributed by atoms with van der Waals surface area (Å²) in [5, 5.41) is 6.16. The number of ketones is 1. The number of benzene rings is 2. The summed E-state index contributed by atoms with van der Waals surface area (Å²) in [7, 11) is 3.39. The van der Waals surface area contributed by atoms with E-state index >= 15 is 0 Å². The summed E-state index contributed by atoms with van der Waals surface area (Å²) >= 11 is 0. The van der Waals surface area contributed by atoms with Crippen LogP contribution in [0.15, 0.2) is 48.7 Å². The van der Waals surface area contributed by atoms with Crippen LogP contribution >= 0.6 is 0 Å². The highest BCUT2D eigenvalue weighted by Crippen LogP contribution is 2.35. The van der Waals surface area contributed by atoms with Crippen molar-refractivity contribution in [3.63, 3.8) is 0 Å². The number of carbonyl (C=O) groups is 1. The lowest BCUT2D eigenvalue weighted by atomic mass is 10.1. The molecular formula is C21H20N4O3. The first-order valence-corrected chi connectivity index (χ1v) is 8.96. The predicted molar refractivity (Wildman–Crippen MR) is 107 cm³/mol. The highest BCUT2D eigenvalue weighted by molar-refractivity contribution is 6.03. The first-order chi connectivity index (χ1) is 13.7. The first-order valence-electron chi connectivity index (χ1n) is 8.96. The molecule has 0 spiro atoms. The molecule has 1 aliphatic carbocycles. The Kier molecular flexibility index (Phi) is 4.80. The Morgan fingerprint density at radius 1 is 1.07 bits per heavy atom. The number of aryl methyl sites for hydroxylation is 1. The van der Waals surface area contributed by atoms with Crippen molar-refractivity contribution in [2.24, 2.45) is 0 Å². The fourth-order valence-corrected chi connectivity index (χ4v) is 3.14. The lowest BCUT2D eigenvalue weighted by Gasteiger charge is -2.13. The molecule has 2 N–H and O–H groups in total. The van der Waals surface area contributed by atoms with E-state index in [1.807, 2.05) is 36.4 Å². The van der Waals surface area contributed by atoms with Crippen molar-refractivity contribution in [3.8, 4) is 17.4 Å². The lowest BCUT2D eigenvalue weighted by Crippen LogP contribution is -2.04. The van der Waals surface area contributed by atoms with Crippen LogP contribution in [0, 0.1) is 0 Å². The summed E-state index contributed by atoms with van der Waals surface area (Å²) in [5.74, 6) is 2.12. The van der Waals surface area contributed by atoms with Gasteiger partial charge >= 0.3 is 0 Å². The standard InChI is InChI=1S/C21H20N4O3/c1-22-16-12-23-21(24-14-7-9-15(27-2)10-8-14)25-20(16)28-18-5-3-4-13-6-11-17(26)19(13)18/h3-5,7-10,12,22H,6,11H2,1-2H3,(H,23,24,25). The second kappa shape index (κ2) is 7.56. The van der Waals surface area contributed by atoms with E-state index in [1.165, 1.54) is 0 Å². The summed E-state index contributed by atoms with van der Waals surface area (Å²) < 4.78 is 11.2.